The molecule has 1 saturated carbocycles. The molecule has 0 aromatic heterocycles. The summed E-state index contributed by atoms with van der Waals surface area (Å²) in [7, 11) is 0. The Morgan fingerprint density at radius 3 is 2.25 bits per heavy atom. The molecule has 72 valence electrons. The summed E-state index contributed by atoms with van der Waals surface area (Å²) in [5.41, 5.74) is 0. The monoisotopic (exact) mass is 169 g/mol. The van der Waals surface area contributed by atoms with Gasteiger partial charge in [-0.1, -0.05) is 33.1 Å². The van der Waals surface area contributed by atoms with Gasteiger partial charge in [-0.25, -0.2) is 0 Å². The van der Waals surface area contributed by atoms with Gasteiger partial charge in [0, 0.05) is 0 Å². The molecule has 0 aromatic carbocycles. The Bertz CT molecular complexity index is 104. The molecule has 1 aliphatic carbocycles. The van der Waals surface area contributed by atoms with Crippen LogP contribution in [0.4, 0.5) is 0 Å². The molecule has 12 heavy (non-hydrogen) atoms. The molecule has 0 amide bonds. The molecule has 0 spiro atoms. The average molecular weight is 169 g/mol. The Labute approximate surface area is 77.1 Å². The lowest BCUT2D eigenvalue weighted by molar-refractivity contribution is 0.248. The Hall–Kier alpha value is -0.0400. The minimum Gasteiger partial charge on any atom is -0.304 e. The lowest BCUT2D eigenvalue weighted by Crippen LogP contribution is -2.25. The van der Waals surface area contributed by atoms with Gasteiger partial charge in [0.15, 0.2) is 0 Å². The van der Waals surface area contributed by atoms with Crippen molar-refractivity contribution in [3.05, 3.63) is 0 Å². The highest BCUT2D eigenvalue weighted by atomic mass is 15.1. The van der Waals surface area contributed by atoms with E-state index in [-0.39, 0.29) is 0 Å². The van der Waals surface area contributed by atoms with Crippen LogP contribution in [-0.2, 0) is 0 Å². The van der Waals surface area contributed by atoms with E-state index in [0.717, 1.165) is 5.92 Å². The minimum atomic E-state index is 1.10. The zero-order chi connectivity index (χ0) is 8.81. The summed E-state index contributed by atoms with van der Waals surface area (Å²) in [4.78, 5) is 2.53. The first kappa shape index (κ1) is 10.0. The Morgan fingerprint density at radius 2 is 1.83 bits per heavy atom. The average Bonchev–Trinajstić information content (AvgIpc) is 2.02. The van der Waals surface area contributed by atoms with Crippen LogP contribution < -0.4 is 0 Å². The number of hydrogen-bond acceptors (Lipinski definition) is 1. The van der Waals surface area contributed by atoms with Gasteiger partial charge in [0.1, 0.15) is 0 Å². The van der Waals surface area contributed by atoms with E-state index in [4.69, 9.17) is 0 Å². The van der Waals surface area contributed by atoms with Crippen molar-refractivity contribution < 1.29 is 0 Å². The molecule has 1 fully saturated rings. The summed E-state index contributed by atoms with van der Waals surface area (Å²) in [6.07, 6.45) is 7.43. The first-order valence-corrected chi connectivity index (χ1v) is 5.59. The fourth-order valence-corrected chi connectivity index (χ4v) is 1.92. The predicted molar refractivity (Wildman–Crippen MR) is 54.4 cm³/mol. The molecule has 0 radical (unpaired) electrons. The van der Waals surface area contributed by atoms with Gasteiger partial charge in [0.05, 0.1) is 0 Å². The minimum absolute atomic E-state index is 1.10. The molecule has 1 rings (SSSR count). The lowest BCUT2D eigenvalue weighted by Gasteiger charge is -2.26. The van der Waals surface area contributed by atoms with Crippen LogP contribution in [0.25, 0.3) is 0 Å². The fraction of sp³-hybridized carbons (Fsp3) is 1.00. The summed E-state index contributed by atoms with van der Waals surface area (Å²) >= 11 is 0. The highest BCUT2D eigenvalue weighted by molar-refractivity contribution is 4.69. The second-order valence-corrected chi connectivity index (χ2v) is 3.97. The number of hydrogen-bond donors (Lipinski definition) is 0. The summed E-state index contributed by atoms with van der Waals surface area (Å²) in [5.74, 6) is 1.10. The highest BCUT2D eigenvalue weighted by Crippen LogP contribution is 2.30. The molecular formula is C11H23N. The zero-order valence-corrected chi connectivity index (χ0v) is 8.68. The van der Waals surface area contributed by atoms with Gasteiger partial charge in [-0.2, -0.15) is 0 Å². The molecule has 0 heterocycles. The number of nitrogens with zero attached hydrogens (tertiary/aromatic N) is 1. The molecule has 0 aromatic rings. The van der Waals surface area contributed by atoms with Crippen molar-refractivity contribution in [2.45, 2.75) is 46.0 Å². The van der Waals surface area contributed by atoms with Gasteiger partial charge < -0.3 is 4.90 Å². The van der Waals surface area contributed by atoms with Crippen molar-refractivity contribution in [3.8, 4) is 0 Å². The Balaban J connectivity index is 1.92. The van der Waals surface area contributed by atoms with Gasteiger partial charge in [0.25, 0.3) is 0 Å². The third kappa shape index (κ3) is 3.14. The first-order chi connectivity index (χ1) is 5.86. The molecule has 1 heteroatoms. The van der Waals surface area contributed by atoms with E-state index in [2.05, 4.69) is 18.7 Å². The van der Waals surface area contributed by atoms with E-state index >= 15 is 0 Å². The lowest BCUT2D eigenvalue weighted by atomic mass is 9.82. The zero-order valence-electron chi connectivity index (χ0n) is 8.68. The van der Waals surface area contributed by atoms with E-state index in [1.807, 2.05) is 0 Å². The third-order valence-electron chi connectivity index (χ3n) is 3.21. The van der Waals surface area contributed by atoms with Crippen LogP contribution in [-0.4, -0.2) is 24.5 Å². The van der Waals surface area contributed by atoms with Crippen molar-refractivity contribution in [2.24, 2.45) is 5.92 Å². The van der Waals surface area contributed by atoms with Crippen LogP contribution in [0, 0.1) is 5.92 Å². The molecule has 0 saturated heterocycles. The number of rotatable bonds is 6. The van der Waals surface area contributed by atoms with E-state index in [1.54, 1.807) is 0 Å². The largest absolute Gasteiger partial charge is 0.304 e. The Morgan fingerprint density at radius 1 is 1.17 bits per heavy atom. The summed E-state index contributed by atoms with van der Waals surface area (Å²) in [6.45, 7) is 8.28. The van der Waals surface area contributed by atoms with E-state index in [1.165, 1.54) is 51.7 Å². The first-order valence-electron chi connectivity index (χ1n) is 5.59. The molecule has 0 N–H and O–H groups in total. The maximum atomic E-state index is 2.53. The van der Waals surface area contributed by atoms with Gasteiger partial charge >= 0.3 is 0 Å². The maximum Gasteiger partial charge on any atom is -0.00189 e. The van der Waals surface area contributed by atoms with E-state index < -0.39 is 0 Å². The van der Waals surface area contributed by atoms with E-state index in [9.17, 15) is 0 Å². The van der Waals surface area contributed by atoms with Crippen molar-refractivity contribution in [1.29, 1.82) is 0 Å². The normalized spacial score (nSPS) is 18.2. The van der Waals surface area contributed by atoms with Crippen LogP contribution in [0.2, 0.25) is 0 Å². The van der Waals surface area contributed by atoms with Gasteiger partial charge in [-0.05, 0) is 38.4 Å². The molecule has 0 bridgehead atoms. The molecule has 1 nitrogen and oxygen atoms in total. The topological polar surface area (TPSA) is 3.24 Å². The molecule has 0 aliphatic heterocycles. The van der Waals surface area contributed by atoms with Gasteiger partial charge in [-0.15, -0.1) is 0 Å². The SMILES string of the molecule is CCN(CC)CCCC1CCC1. The maximum absolute atomic E-state index is 2.53. The summed E-state index contributed by atoms with van der Waals surface area (Å²) in [5, 5.41) is 0. The van der Waals surface area contributed by atoms with Gasteiger partial charge in [0.2, 0.25) is 0 Å². The van der Waals surface area contributed by atoms with Crippen LogP contribution in [0.15, 0.2) is 0 Å². The van der Waals surface area contributed by atoms with Crippen molar-refractivity contribution in [1.82, 2.24) is 4.90 Å². The van der Waals surface area contributed by atoms with Crippen LogP contribution >= 0.6 is 0 Å². The van der Waals surface area contributed by atoms with Gasteiger partial charge in [-0.3, -0.25) is 0 Å². The third-order valence-corrected chi connectivity index (χ3v) is 3.21. The molecule has 0 unspecified atom stereocenters. The van der Waals surface area contributed by atoms with Crippen molar-refractivity contribution in [2.75, 3.05) is 19.6 Å². The highest BCUT2D eigenvalue weighted by Gasteiger charge is 2.16. The van der Waals surface area contributed by atoms with Crippen LogP contribution in [0.5, 0.6) is 0 Å². The van der Waals surface area contributed by atoms with Crippen LogP contribution in [0.1, 0.15) is 46.0 Å². The second-order valence-electron chi connectivity index (χ2n) is 3.97. The van der Waals surface area contributed by atoms with E-state index in [0.29, 0.717) is 0 Å². The summed E-state index contributed by atoms with van der Waals surface area (Å²) in [6, 6.07) is 0. The smallest absolute Gasteiger partial charge is 0.00189 e. The quantitative estimate of drug-likeness (QED) is 0.591. The van der Waals surface area contributed by atoms with Crippen molar-refractivity contribution >= 4 is 0 Å². The van der Waals surface area contributed by atoms with Crippen LogP contribution in [0.3, 0.4) is 0 Å². The summed E-state index contributed by atoms with van der Waals surface area (Å²) < 4.78 is 0. The Kier molecular flexibility index (Phi) is 4.67. The fourth-order valence-electron chi connectivity index (χ4n) is 1.92. The second kappa shape index (κ2) is 5.58. The predicted octanol–water partition coefficient (Wildman–Crippen LogP) is 2.91. The molecular weight excluding hydrogens is 146 g/mol. The molecule has 1 aliphatic rings. The molecule has 0 atom stereocenters. The standard InChI is InChI=1S/C11H23N/c1-3-12(4-2)10-6-9-11-7-5-8-11/h11H,3-10H2,1-2H3. The van der Waals surface area contributed by atoms with Crippen molar-refractivity contribution in [3.63, 3.8) is 0 Å².